The van der Waals surface area contributed by atoms with Crippen LogP contribution in [0.4, 0.5) is 5.82 Å². The molecule has 1 aliphatic carbocycles. The third kappa shape index (κ3) is 3.75. The maximum Gasteiger partial charge on any atom is 0.229 e. The molecular weight excluding hydrogens is 346 g/mol. The van der Waals surface area contributed by atoms with Crippen molar-refractivity contribution in [3.8, 4) is 10.4 Å². The Kier molecular flexibility index (Phi) is 4.42. The minimum Gasteiger partial charge on any atom is -0.309 e. The zero-order valence-corrected chi connectivity index (χ0v) is 15.2. The minimum absolute atomic E-state index is 0.0813. The van der Waals surface area contributed by atoms with Crippen molar-refractivity contribution in [1.29, 1.82) is 0 Å². The lowest BCUT2D eigenvalue weighted by Gasteiger charge is -2.04. The average Bonchev–Trinajstić information content (AvgIpc) is 3.16. The molecule has 2 aromatic heterocycles. The van der Waals surface area contributed by atoms with Crippen molar-refractivity contribution in [2.45, 2.75) is 32.1 Å². The highest BCUT2D eigenvalue weighted by atomic mass is 32.1. The lowest BCUT2D eigenvalue weighted by molar-refractivity contribution is -0.115. The second-order valence-corrected chi connectivity index (χ2v) is 7.71. The normalized spacial score (nSPS) is 13.6. The van der Waals surface area contributed by atoms with Crippen LogP contribution in [-0.4, -0.2) is 21.9 Å². The molecule has 0 aliphatic heterocycles. The van der Waals surface area contributed by atoms with Gasteiger partial charge in [-0.2, -0.15) is 5.10 Å². The fourth-order valence-corrected chi connectivity index (χ4v) is 3.75. The summed E-state index contributed by atoms with van der Waals surface area (Å²) < 4.78 is 0. The van der Waals surface area contributed by atoms with Gasteiger partial charge in [0, 0.05) is 22.6 Å². The van der Waals surface area contributed by atoms with Crippen molar-refractivity contribution in [3.63, 3.8) is 0 Å². The van der Waals surface area contributed by atoms with E-state index >= 15 is 0 Å². The number of thiophene rings is 1. The fourth-order valence-electron chi connectivity index (χ4n) is 2.85. The first-order valence-electron chi connectivity index (χ1n) is 8.64. The zero-order valence-electron chi connectivity index (χ0n) is 14.4. The molecule has 1 aromatic carbocycles. The number of nitrogens with zero attached hydrogens (tertiary/aromatic N) is 1. The lowest BCUT2D eigenvalue weighted by Crippen LogP contribution is -2.14. The molecule has 0 saturated heterocycles. The SMILES string of the molecule is CC(=O)c1ccc(-c2ccc(CC(=O)Nc3cc(C4CC4)[nH]n3)cc2)s1. The average molecular weight is 365 g/mol. The van der Waals surface area contributed by atoms with Crippen LogP contribution in [0.1, 0.15) is 46.6 Å². The number of amides is 1. The maximum atomic E-state index is 12.2. The van der Waals surface area contributed by atoms with Gasteiger partial charge in [-0.25, -0.2) is 0 Å². The molecule has 0 bridgehead atoms. The summed E-state index contributed by atoms with van der Waals surface area (Å²) in [4.78, 5) is 25.4. The Morgan fingerprint density at radius 3 is 2.62 bits per heavy atom. The number of anilines is 1. The second kappa shape index (κ2) is 6.88. The van der Waals surface area contributed by atoms with E-state index in [4.69, 9.17) is 0 Å². The van der Waals surface area contributed by atoms with E-state index in [1.807, 2.05) is 42.5 Å². The van der Waals surface area contributed by atoms with Crippen LogP contribution in [0.2, 0.25) is 0 Å². The molecule has 0 radical (unpaired) electrons. The predicted octanol–water partition coefficient (Wildman–Crippen LogP) is 4.40. The summed E-state index contributed by atoms with van der Waals surface area (Å²) in [6.45, 7) is 1.57. The molecule has 1 aliphatic rings. The number of ketones is 1. The summed E-state index contributed by atoms with van der Waals surface area (Å²) in [7, 11) is 0. The first-order valence-corrected chi connectivity index (χ1v) is 9.45. The molecule has 5 nitrogen and oxygen atoms in total. The van der Waals surface area contributed by atoms with Crippen molar-refractivity contribution in [2.24, 2.45) is 0 Å². The first kappa shape index (κ1) is 16.7. The van der Waals surface area contributed by atoms with E-state index in [1.54, 1.807) is 6.92 Å². The standard InChI is InChI=1S/C20H19N3O2S/c1-12(24)17-8-9-18(26-17)15-4-2-13(3-5-15)10-20(25)21-19-11-16(22-23-19)14-6-7-14/h2-5,8-9,11,14H,6-7,10H2,1H3,(H2,21,22,23,25). The zero-order chi connectivity index (χ0) is 18.1. The topological polar surface area (TPSA) is 74.8 Å². The molecule has 0 spiro atoms. The number of aromatic amines is 1. The van der Waals surface area contributed by atoms with Gasteiger partial charge in [0.05, 0.1) is 11.3 Å². The number of aromatic nitrogens is 2. The third-order valence-corrected chi connectivity index (χ3v) is 5.67. The van der Waals surface area contributed by atoms with Crippen molar-refractivity contribution >= 4 is 28.8 Å². The Balaban J connectivity index is 1.38. The summed E-state index contributed by atoms with van der Waals surface area (Å²) in [6, 6.07) is 13.6. The van der Waals surface area contributed by atoms with Gasteiger partial charge in [-0.15, -0.1) is 11.3 Å². The summed E-state index contributed by atoms with van der Waals surface area (Å²) >= 11 is 1.48. The highest BCUT2D eigenvalue weighted by Crippen LogP contribution is 2.39. The number of hydrogen-bond donors (Lipinski definition) is 2. The van der Waals surface area contributed by atoms with E-state index in [2.05, 4.69) is 15.5 Å². The molecule has 3 aromatic rings. The van der Waals surface area contributed by atoms with Gasteiger partial charge in [0.25, 0.3) is 0 Å². The van der Waals surface area contributed by atoms with E-state index in [9.17, 15) is 9.59 Å². The second-order valence-electron chi connectivity index (χ2n) is 6.62. The van der Waals surface area contributed by atoms with Crippen LogP contribution >= 0.6 is 11.3 Å². The van der Waals surface area contributed by atoms with Crippen molar-refractivity contribution in [3.05, 3.63) is 58.6 Å². The van der Waals surface area contributed by atoms with E-state index in [-0.39, 0.29) is 11.7 Å². The van der Waals surface area contributed by atoms with Gasteiger partial charge >= 0.3 is 0 Å². The maximum absolute atomic E-state index is 12.2. The Morgan fingerprint density at radius 1 is 1.19 bits per heavy atom. The van der Waals surface area contributed by atoms with Gasteiger partial charge in [-0.3, -0.25) is 14.7 Å². The number of carbonyl (C=O) groups is 2. The number of nitrogens with one attached hydrogen (secondary N) is 2. The summed E-state index contributed by atoms with van der Waals surface area (Å²) in [6.07, 6.45) is 2.69. The van der Waals surface area contributed by atoms with Crippen LogP contribution in [0.15, 0.2) is 42.5 Å². The van der Waals surface area contributed by atoms with Crippen molar-refractivity contribution in [1.82, 2.24) is 10.2 Å². The van der Waals surface area contributed by atoms with Gasteiger partial charge in [0.1, 0.15) is 0 Å². The molecule has 26 heavy (non-hydrogen) atoms. The largest absolute Gasteiger partial charge is 0.309 e. The molecule has 132 valence electrons. The van der Waals surface area contributed by atoms with Crippen LogP contribution < -0.4 is 5.32 Å². The molecule has 0 atom stereocenters. The molecule has 0 unspecified atom stereocenters. The quantitative estimate of drug-likeness (QED) is 0.636. The highest BCUT2D eigenvalue weighted by Gasteiger charge is 2.25. The monoisotopic (exact) mass is 365 g/mol. The Labute approximate surface area is 155 Å². The Morgan fingerprint density at radius 2 is 1.96 bits per heavy atom. The smallest absolute Gasteiger partial charge is 0.229 e. The Bertz CT molecular complexity index is 952. The number of Topliss-reactive ketones (excluding diaryl/α,β-unsaturated/α-hetero) is 1. The third-order valence-electron chi connectivity index (χ3n) is 4.44. The summed E-state index contributed by atoms with van der Waals surface area (Å²) in [5.74, 6) is 1.17. The van der Waals surface area contributed by atoms with Gasteiger partial charge in [-0.1, -0.05) is 24.3 Å². The molecule has 1 saturated carbocycles. The minimum atomic E-state index is -0.0819. The number of benzene rings is 1. The van der Waals surface area contributed by atoms with Crippen LogP contribution in [0.5, 0.6) is 0 Å². The van der Waals surface area contributed by atoms with Crippen molar-refractivity contribution < 1.29 is 9.59 Å². The molecule has 2 heterocycles. The molecule has 2 N–H and O–H groups in total. The van der Waals surface area contributed by atoms with E-state index < -0.39 is 0 Å². The van der Waals surface area contributed by atoms with Crippen LogP contribution in [0.3, 0.4) is 0 Å². The fraction of sp³-hybridized carbons (Fsp3) is 0.250. The van der Waals surface area contributed by atoms with Gasteiger partial charge in [0.15, 0.2) is 11.6 Å². The molecule has 6 heteroatoms. The van der Waals surface area contributed by atoms with Crippen LogP contribution in [0, 0.1) is 0 Å². The number of carbonyl (C=O) groups excluding carboxylic acids is 2. The van der Waals surface area contributed by atoms with Crippen molar-refractivity contribution in [2.75, 3.05) is 5.32 Å². The van der Waals surface area contributed by atoms with E-state index in [0.29, 0.717) is 18.2 Å². The first-order chi connectivity index (χ1) is 12.6. The van der Waals surface area contributed by atoms with Gasteiger partial charge < -0.3 is 5.32 Å². The predicted molar refractivity (Wildman–Crippen MR) is 103 cm³/mol. The lowest BCUT2D eigenvalue weighted by atomic mass is 10.1. The van der Waals surface area contributed by atoms with Gasteiger partial charge in [-0.05, 0) is 43.0 Å². The summed E-state index contributed by atoms with van der Waals surface area (Å²) in [5, 5.41) is 9.97. The Hall–Kier alpha value is -2.73. The van der Waals surface area contributed by atoms with Crippen LogP contribution in [-0.2, 0) is 11.2 Å². The summed E-state index contributed by atoms with van der Waals surface area (Å²) in [5.41, 5.74) is 3.09. The molecule has 1 amide bonds. The van der Waals surface area contributed by atoms with Crippen LogP contribution in [0.25, 0.3) is 10.4 Å². The van der Waals surface area contributed by atoms with E-state index in [0.717, 1.165) is 26.6 Å². The number of rotatable bonds is 6. The van der Waals surface area contributed by atoms with E-state index in [1.165, 1.54) is 24.2 Å². The highest BCUT2D eigenvalue weighted by molar-refractivity contribution is 7.17. The molecule has 4 rings (SSSR count). The number of H-pyrrole nitrogens is 1. The number of hydrogen-bond acceptors (Lipinski definition) is 4. The van der Waals surface area contributed by atoms with Gasteiger partial charge in [0.2, 0.25) is 5.91 Å². The molecule has 1 fully saturated rings. The molecular formula is C20H19N3O2S.